The molecule has 22 heavy (non-hydrogen) atoms. The Labute approximate surface area is 135 Å². The summed E-state index contributed by atoms with van der Waals surface area (Å²) in [7, 11) is 1.73. The van der Waals surface area contributed by atoms with Crippen LogP contribution in [0.3, 0.4) is 0 Å². The minimum atomic E-state index is -0.181. The highest BCUT2D eigenvalue weighted by atomic mass is 16.5. The molecule has 130 valence electrons. The molecule has 0 aliphatic carbocycles. The predicted octanol–water partition coefficient (Wildman–Crippen LogP) is 3.04. The van der Waals surface area contributed by atoms with Crippen LogP contribution in [0.1, 0.15) is 53.9 Å². The number of amides is 2. The molecule has 1 unspecified atom stereocenters. The molecule has 1 atom stereocenters. The third-order valence-corrected chi connectivity index (χ3v) is 4.33. The van der Waals surface area contributed by atoms with E-state index in [2.05, 4.69) is 33.0 Å². The summed E-state index contributed by atoms with van der Waals surface area (Å²) in [6.07, 6.45) is 2.98. The van der Waals surface area contributed by atoms with Crippen molar-refractivity contribution in [3.8, 4) is 0 Å². The van der Waals surface area contributed by atoms with Gasteiger partial charge in [0.1, 0.15) is 0 Å². The maximum Gasteiger partial charge on any atom is 0.317 e. The second-order valence-corrected chi connectivity index (χ2v) is 7.61. The van der Waals surface area contributed by atoms with Gasteiger partial charge in [0.15, 0.2) is 0 Å². The van der Waals surface area contributed by atoms with Crippen LogP contribution in [0.25, 0.3) is 0 Å². The van der Waals surface area contributed by atoms with E-state index < -0.39 is 0 Å². The van der Waals surface area contributed by atoms with Gasteiger partial charge in [-0.05, 0) is 45.4 Å². The first-order valence-electron chi connectivity index (χ1n) is 8.38. The molecule has 1 rings (SSSR count). The first-order valence-corrected chi connectivity index (χ1v) is 8.38. The van der Waals surface area contributed by atoms with Crippen LogP contribution in [0.5, 0.6) is 0 Å². The van der Waals surface area contributed by atoms with Crippen molar-refractivity contribution in [2.45, 2.75) is 65.5 Å². The molecule has 1 heterocycles. The molecule has 1 aliphatic rings. The van der Waals surface area contributed by atoms with E-state index in [-0.39, 0.29) is 23.1 Å². The van der Waals surface area contributed by atoms with Crippen LogP contribution in [0, 0.1) is 5.41 Å². The summed E-state index contributed by atoms with van der Waals surface area (Å²) in [6.45, 7) is 13.3. The van der Waals surface area contributed by atoms with Gasteiger partial charge in [-0.25, -0.2) is 4.79 Å². The molecule has 0 saturated carbocycles. The molecule has 1 fully saturated rings. The second-order valence-electron chi connectivity index (χ2n) is 7.61. The maximum atomic E-state index is 12.4. The Bertz CT molecular complexity index is 356. The number of methoxy groups -OCH3 is 1. The molecular formula is C17H34N2O3. The first kappa shape index (κ1) is 19.2. The molecule has 0 bridgehead atoms. The number of ether oxygens (including phenoxy) is 2. The lowest BCUT2D eigenvalue weighted by Crippen LogP contribution is -2.48. The van der Waals surface area contributed by atoms with Crippen molar-refractivity contribution in [3.05, 3.63) is 0 Å². The van der Waals surface area contributed by atoms with Crippen LogP contribution in [-0.2, 0) is 9.47 Å². The van der Waals surface area contributed by atoms with E-state index in [1.165, 1.54) is 0 Å². The van der Waals surface area contributed by atoms with Crippen LogP contribution >= 0.6 is 0 Å². The van der Waals surface area contributed by atoms with Gasteiger partial charge in [-0.2, -0.15) is 0 Å². The quantitative estimate of drug-likeness (QED) is 0.749. The molecule has 1 saturated heterocycles. The SMILES string of the molecule is CCOCC1CCCN1C(=O)NCC(C)(C)CC(C)(C)OC. The van der Waals surface area contributed by atoms with Gasteiger partial charge in [-0.15, -0.1) is 0 Å². The molecule has 1 N–H and O–H groups in total. The van der Waals surface area contributed by atoms with Gasteiger partial charge in [0.05, 0.1) is 18.2 Å². The van der Waals surface area contributed by atoms with Gasteiger partial charge in [-0.3, -0.25) is 0 Å². The number of nitrogens with one attached hydrogen (secondary N) is 1. The lowest BCUT2D eigenvalue weighted by molar-refractivity contribution is -0.0125. The minimum absolute atomic E-state index is 0.00961. The molecule has 0 aromatic carbocycles. The van der Waals surface area contributed by atoms with Crippen LogP contribution in [0.4, 0.5) is 4.79 Å². The average molecular weight is 314 g/mol. The van der Waals surface area contributed by atoms with E-state index in [0.717, 1.165) is 25.8 Å². The van der Waals surface area contributed by atoms with E-state index in [0.29, 0.717) is 19.8 Å². The largest absolute Gasteiger partial charge is 0.380 e. The van der Waals surface area contributed by atoms with Gasteiger partial charge < -0.3 is 19.7 Å². The number of urea groups is 1. The fraction of sp³-hybridized carbons (Fsp3) is 0.941. The molecule has 0 aromatic heterocycles. The van der Waals surface area contributed by atoms with E-state index in [9.17, 15) is 4.79 Å². The van der Waals surface area contributed by atoms with E-state index in [1.807, 2.05) is 11.8 Å². The average Bonchev–Trinajstić information content (AvgIpc) is 2.90. The summed E-state index contributed by atoms with van der Waals surface area (Å²) in [6, 6.07) is 0.254. The Balaban J connectivity index is 2.47. The lowest BCUT2D eigenvalue weighted by Gasteiger charge is -2.35. The molecule has 1 aliphatic heterocycles. The van der Waals surface area contributed by atoms with Crippen molar-refractivity contribution < 1.29 is 14.3 Å². The third kappa shape index (κ3) is 6.13. The van der Waals surface area contributed by atoms with Gasteiger partial charge in [0.2, 0.25) is 0 Å². The zero-order valence-corrected chi connectivity index (χ0v) is 15.2. The summed E-state index contributed by atoms with van der Waals surface area (Å²) in [5, 5.41) is 3.09. The monoisotopic (exact) mass is 314 g/mol. The standard InChI is InChI=1S/C17H34N2O3/c1-7-22-11-14-9-8-10-19(14)15(20)18-13-16(2,3)12-17(4,5)21-6/h14H,7-13H2,1-6H3,(H,18,20). The van der Waals surface area contributed by atoms with Crippen LogP contribution in [0.2, 0.25) is 0 Å². The maximum absolute atomic E-state index is 12.4. The summed E-state index contributed by atoms with van der Waals surface area (Å²) in [5.74, 6) is 0. The fourth-order valence-electron chi connectivity index (χ4n) is 3.23. The Morgan fingerprint density at radius 3 is 2.59 bits per heavy atom. The smallest absolute Gasteiger partial charge is 0.317 e. The molecule has 5 nitrogen and oxygen atoms in total. The number of carbonyl (C=O) groups excluding carboxylic acids is 1. The Kier molecular flexibility index (Phi) is 7.13. The molecule has 0 aromatic rings. The Morgan fingerprint density at radius 1 is 1.32 bits per heavy atom. The van der Waals surface area contributed by atoms with Crippen LogP contribution < -0.4 is 5.32 Å². The van der Waals surface area contributed by atoms with E-state index in [4.69, 9.17) is 9.47 Å². The van der Waals surface area contributed by atoms with Gasteiger partial charge >= 0.3 is 6.03 Å². The lowest BCUT2D eigenvalue weighted by atomic mass is 9.81. The van der Waals surface area contributed by atoms with Gasteiger partial charge in [-0.1, -0.05) is 13.8 Å². The van der Waals surface area contributed by atoms with Gasteiger partial charge in [0, 0.05) is 26.8 Å². The summed E-state index contributed by atoms with van der Waals surface area (Å²) in [4.78, 5) is 14.4. The van der Waals surface area contributed by atoms with Crippen molar-refractivity contribution in [1.82, 2.24) is 10.2 Å². The van der Waals surface area contributed by atoms with Crippen LogP contribution in [0.15, 0.2) is 0 Å². The fourth-order valence-corrected chi connectivity index (χ4v) is 3.23. The normalized spacial score (nSPS) is 19.5. The van der Waals surface area contributed by atoms with Gasteiger partial charge in [0.25, 0.3) is 0 Å². The molecule has 0 radical (unpaired) electrons. The number of carbonyl (C=O) groups is 1. The number of likely N-dealkylation sites (tertiary alicyclic amines) is 1. The van der Waals surface area contributed by atoms with E-state index in [1.54, 1.807) is 7.11 Å². The number of nitrogens with zero attached hydrogens (tertiary/aromatic N) is 1. The molecular weight excluding hydrogens is 280 g/mol. The van der Waals surface area contributed by atoms with Crippen molar-refractivity contribution in [2.24, 2.45) is 5.41 Å². The highest BCUT2D eigenvalue weighted by Gasteiger charge is 2.32. The van der Waals surface area contributed by atoms with Crippen molar-refractivity contribution >= 4 is 6.03 Å². The van der Waals surface area contributed by atoms with Crippen LogP contribution in [-0.4, -0.2) is 56.0 Å². The Morgan fingerprint density at radius 2 is 2.00 bits per heavy atom. The Hall–Kier alpha value is -0.810. The topological polar surface area (TPSA) is 50.8 Å². The second kappa shape index (κ2) is 8.16. The van der Waals surface area contributed by atoms with Crippen molar-refractivity contribution in [2.75, 3.05) is 33.4 Å². The predicted molar refractivity (Wildman–Crippen MR) is 89.1 cm³/mol. The first-order chi connectivity index (χ1) is 10.2. The zero-order chi connectivity index (χ0) is 16.8. The zero-order valence-electron chi connectivity index (χ0n) is 15.2. The summed E-state index contributed by atoms with van der Waals surface area (Å²) >= 11 is 0. The van der Waals surface area contributed by atoms with E-state index >= 15 is 0 Å². The number of hydrogen-bond donors (Lipinski definition) is 1. The molecule has 5 heteroatoms. The highest BCUT2D eigenvalue weighted by molar-refractivity contribution is 5.74. The summed E-state index contributed by atoms with van der Waals surface area (Å²) in [5.41, 5.74) is -0.191. The molecule has 2 amide bonds. The molecule has 0 spiro atoms. The van der Waals surface area contributed by atoms with Crippen molar-refractivity contribution in [1.29, 1.82) is 0 Å². The minimum Gasteiger partial charge on any atom is -0.380 e. The summed E-state index contributed by atoms with van der Waals surface area (Å²) < 4.78 is 11.0. The number of hydrogen-bond acceptors (Lipinski definition) is 3. The third-order valence-electron chi connectivity index (χ3n) is 4.33. The highest BCUT2D eigenvalue weighted by Crippen LogP contribution is 2.29. The van der Waals surface area contributed by atoms with Crippen molar-refractivity contribution in [3.63, 3.8) is 0 Å². The number of rotatable bonds is 8.